The van der Waals surface area contributed by atoms with Crippen molar-refractivity contribution < 1.29 is 9.59 Å². The van der Waals surface area contributed by atoms with Crippen molar-refractivity contribution in [3.05, 3.63) is 62.7 Å². The molecule has 2 aromatic rings. The van der Waals surface area contributed by atoms with E-state index >= 15 is 0 Å². The number of halogens is 1. The van der Waals surface area contributed by atoms with Crippen molar-refractivity contribution in [2.45, 2.75) is 27.2 Å². The number of aryl methyl sites for hydroxylation is 2. The number of hydrogen-bond donors (Lipinski definition) is 0. The number of benzene rings is 2. The van der Waals surface area contributed by atoms with Crippen LogP contribution in [0.4, 0.5) is 5.69 Å². The minimum Gasteiger partial charge on any atom is -0.274 e. The Bertz CT molecular complexity index is 778. The second-order valence-electron chi connectivity index (χ2n) is 6.58. The summed E-state index contributed by atoms with van der Waals surface area (Å²) in [6.07, 6.45) is 0.606. The van der Waals surface area contributed by atoms with Gasteiger partial charge in [-0.2, -0.15) is 0 Å². The smallest absolute Gasteiger partial charge is 0.238 e. The zero-order chi connectivity index (χ0) is 17.4. The summed E-state index contributed by atoms with van der Waals surface area (Å²) in [4.78, 5) is 26.9. The van der Waals surface area contributed by atoms with E-state index in [1.807, 2.05) is 31.2 Å². The lowest BCUT2D eigenvalue weighted by Crippen LogP contribution is -2.31. The molecule has 0 aromatic heterocycles. The van der Waals surface area contributed by atoms with Crippen molar-refractivity contribution in [2.24, 2.45) is 11.8 Å². The average molecular weight is 433 g/mol. The lowest BCUT2D eigenvalue weighted by atomic mass is 9.89. The summed E-state index contributed by atoms with van der Waals surface area (Å²) in [5, 5.41) is 0. The zero-order valence-electron chi connectivity index (χ0n) is 14.0. The Labute approximate surface area is 156 Å². The topological polar surface area (TPSA) is 37.4 Å². The van der Waals surface area contributed by atoms with Gasteiger partial charge in [0.25, 0.3) is 0 Å². The fourth-order valence-electron chi connectivity index (χ4n) is 3.41. The molecule has 2 aromatic carbocycles. The summed E-state index contributed by atoms with van der Waals surface area (Å²) in [7, 11) is 0. The molecule has 1 aliphatic rings. The number of nitrogens with zero attached hydrogens (tertiary/aromatic N) is 1. The van der Waals surface area contributed by atoms with Crippen LogP contribution in [0.1, 0.15) is 23.6 Å². The van der Waals surface area contributed by atoms with Crippen LogP contribution in [0.25, 0.3) is 0 Å². The summed E-state index contributed by atoms with van der Waals surface area (Å²) < 4.78 is 1.08. The molecule has 0 spiro atoms. The van der Waals surface area contributed by atoms with Gasteiger partial charge in [0.2, 0.25) is 11.8 Å². The minimum atomic E-state index is -0.294. The van der Waals surface area contributed by atoms with Crippen molar-refractivity contribution in [1.82, 2.24) is 0 Å². The largest absolute Gasteiger partial charge is 0.274 e. The van der Waals surface area contributed by atoms with Crippen molar-refractivity contribution in [1.29, 1.82) is 0 Å². The van der Waals surface area contributed by atoms with Crippen molar-refractivity contribution in [2.75, 3.05) is 4.90 Å². The normalized spacial score (nSPS) is 20.8. The van der Waals surface area contributed by atoms with Crippen LogP contribution < -0.4 is 4.90 Å². The van der Waals surface area contributed by atoms with E-state index < -0.39 is 0 Å². The second kappa shape index (κ2) is 6.67. The van der Waals surface area contributed by atoms with Crippen LogP contribution in [-0.4, -0.2) is 11.8 Å². The van der Waals surface area contributed by atoms with Crippen molar-refractivity contribution in [3.63, 3.8) is 0 Å². The number of carbonyl (C=O) groups excluding carboxylic acids is 2. The third kappa shape index (κ3) is 3.24. The quantitative estimate of drug-likeness (QED) is 0.536. The maximum absolute atomic E-state index is 12.9. The van der Waals surface area contributed by atoms with E-state index in [-0.39, 0.29) is 23.7 Å². The van der Waals surface area contributed by atoms with Crippen LogP contribution in [0, 0.1) is 29.3 Å². The van der Waals surface area contributed by atoms with Gasteiger partial charge in [0.1, 0.15) is 0 Å². The van der Waals surface area contributed by atoms with E-state index in [4.69, 9.17) is 0 Å². The molecular formula is C20H20INO2. The molecule has 0 saturated carbocycles. The van der Waals surface area contributed by atoms with E-state index in [1.54, 1.807) is 0 Å². The maximum atomic E-state index is 12.9. The summed E-state index contributed by atoms with van der Waals surface area (Å²) in [6, 6.07) is 13.8. The van der Waals surface area contributed by atoms with Gasteiger partial charge in [-0.25, -0.2) is 0 Å². The number of amides is 2. The number of anilines is 1. The first-order chi connectivity index (χ1) is 11.4. The molecule has 0 bridgehead atoms. The molecule has 3 nitrogen and oxygen atoms in total. The Balaban J connectivity index is 1.88. The van der Waals surface area contributed by atoms with E-state index in [0.717, 1.165) is 9.13 Å². The Morgan fingerprint density at radius 3 is 2.12 bits per heavy atom. The van der Waals surface area contributed by atoms with E-state index in [9.17, 15) is 9.59 Å². The van der Waals surface area contributed by atoms with Gasteiger partial charge in [-0.05, 0) is 72.7 Å². The highest BCUT2D eigenvalue weighted by Crippen LogP contribution is 2.33. The molecule has 2 amide bonds. The highest BCUT2D eigenvalue weighted by atomic mass is 127. The monoisotopic (exact) mass is 433 g/mol. The van der Waals surface area contributed by atoms with E-state index in [1.165, 1.54) is 16.0 Å². The first-order valence-electron chi connectivity index (χ1n) is 8.07. The van der Waals surface area contributed by atoms with Crippen LogP contribution in [-0.2, 0) is 16.0 Å². The second-order valence-corrected chi connectivity index (χ2v) is 7.83. The fraction of sp³-hybridized carbons (Fsp3) is 0.300. The SMILES string of the molecule is Cc1cc(C)cc(C[C@@H]2C(=O)N(c3ccc(I)cc3)C(=O)[C@H]2C)c1. The van der Waals surface area contributed by atoms with Crippen LogP contribution in [0.3, 0.4) is 0 Å². The molecule has 0 unspecified atom stereocenters. The van der Waals surface area contributed by atoms with Gasteiger partial charge in [0, 0.05) is 9.49 Å². The number of carbonyl (C=O) groups is 2. The highest BCUT2D eigenvalue weighted by Gasteiger charge is 2.45. The van der Waals surface area contributed by atoms with Crippen LogP contribution in [0.15, 0.2) is 42.5 Å². The first-order valence-corrected chi connectivity index (χ1v) is 9.15. The molecule has 3 rings (SSSR count). The summed E-state index contributed by atoms with van der Waals surface area (Å²) in [5.74, 6) is -0.779. The van der Waals surface area contributed by atoms with Gasteiger partial charge in [-0.15, -0.1) is 0 Å². The average Bonchev–Trinajstić information content (AvgIpc) is 2.71. The summed E-state index contributed by atoms with van der Waals surface area (Å²) in [6.45, 7) is 5.97. The molecule has 24 heavy (non-hydrogen) atoms. The molecular weight excluding hydrogens is 413 g/mol. The van der Waals surface area contributed by atoms with Gasteiger partial charge in [0.15, 0.2) is 0 Å². The molecule has 2 atom stereocenters. The first kappa shape index (κ1) is 17.1. The molecule has 4 heteroatoms. The Kier molecular flexibility index (Phi) is 4.76. The van der Waals surface area contributed by atoms with E-state index in [0.29, 0.717) is 12.1 Å². The Hall–Kier alpha value is -1.69. The molecule has 124 valence electrons. The molecule has 0 N–H and O–H groups in total. The van der Waals surface area contributed by atoms with Gasteiger partial charge in [0.05, 0.1) is 11.6 Å². The molecule has 1 fully saturated rings. The van der Waals surface area contributed by atoms with Crippen LogP contribution >= 0.6 is 22.6 Å². The van der Waals surface area contributed by atoms with E-state index in [2.05, 4.69) is 54.6 Å². The lowest BCUT2D eigenvalue weighted by Gasteiger charge is -2.15. The third-order valence-electron chi connectivity index (χ3n) is 4.57. The van der Waals surface area contributed by atoms with Crippen molar-refractivity contribution >= 4 is 40.1 Å². The minimum absolute atomic E-state index is 0.0899. The predicted octanol–water partition coefficient (Wildman–Crippen LogP) is 4.28. The summed E-state index contributed by atoms with van der Waals surface area (Å²) in [5.41, 5.74) is 4.16. The molecule has 1 aliphatic heterocycles. The van der Waals surface area contributed by atoms with Crippen molar-refractivity contribution in [3.8, 4) is 0 Å². The molecule has 0 radical (unpaired) electrons. The third-order valence-corrected chi connectivity index (χ3v) is 5.29. The maximum Gasteiger partial charge on any atom is 0.238 e. The number of rotatable bonds is 3. The molecule has 0 aliphatic carbocycles. The predicted molar refractivity (Wildman–Crippen MR) is 104 cm³/mol. The zero-order valence-corrected chi connectivity index (χ0v) is 16.2. The standard InChI is InChI=1S/C20H20INO2/c1-12-8-13(2)10-15(9-12)11-18-14(3)19(23)22(20(18)24)17-6-4-16(21)5-7-17/h4-10,14,18H,11H2,1-3H3/t14-,18-/m0/s1. The summed E-state index contributed by atoms with van der Waals surface area (Å²) >= 11 is 2.21. The van der Waals surface area contributed by atoms with Gasteiger partial charge in [-0.3, -0.25) is 14.5 Å². The highest BCUT2D eigenvalue weighted by molar-refractivity contribution is 14.1. The number of hydrogen-bond acceptors (Lipinski definition) is 2. The Morgan fingerprint density at radius 2 is 1.54 bits per heavy atom. The fourth-order valence-corrected chi connectivity index (χ4v) is 3.77. The van der Waals surface area contributed by atoms with Crippen LogP contribution in [0.2, 0.25) is 0 Å². The van der Waals surface area contributed by atoms with Crippen LogP contribution in [0.5, 0.6) is 0 Å². The lowest BCUT2D eigenvalue weighted by molar-refractivity contribution is -0.122. The van der Waals surface area contributed by atoms with Gasteiger partial charge >= 0.3 is 0 Å². The molecule has 1 saturated heterocycles. The number of imide groups is 1. The Morgan fingerprint density at radius 1 is 0.958 bits per heavy atom. The van der Waals surface area contributed by atoms with Gasteiger partial charge in [-0.1, -0.05) is 36.2 Å². The molecule has 1 heterocycles. The van der Waals surface area contributed by atoms with Gasteiger partial charge < -0.3 is 0 Å².